The first kappa shape index (κ1) is 21.2. The molecule has 7 heteroatoms. The number of aromatic nitrogens is 4. The van der Waals surface area contributed by atoms with Crippen molar-refractivity contribution in [1.29, 1.82) is 0 Å². The van der Waals surface area contributed by atoms with E-state index >= 15 is 0 Å². The third-order valence-electron chi connectivity index (χ3n) is 5.49. The minimum Gasteiger partial charge on any atom is -0.340 e. The lowest BCUT2D eigenvalue weighted by atomic mass is 10.1. The molecule has 0 aliphatic rings. The Morgan fingerprint density at radius 2 is 1.44 bits per heavy atom. The van der Waals surface area contributed by atoms with Crippen LogP contribution in [0.4, 0.5) is 17.2 Å². The zero-order chi connectivity index (χ0) is 23.5. The van der Waals surface area contributed by atoms with Gasteiger partial charge in [0, 0.05) is 28.6 Å². The third kappa shape index (κ3) is 4.59. The van der Waals surface area contributed by atoms with Gasteiger partial charge in [-0.05, 0) is 56.3 Å². The highest BCUT2D eigenvalue weighted by atomic mass is 16.1. The number of nitrogens with one attached hydrogen (secondary N) is 2. The summed E-state index contributed by atoms with van der Waals surface area (Å²) >= 11 is 0. The molecule has 0 saturated heterocycles. The van der Waals surface area contributed by atoms with Gasteiger partial charge in [0.25, 0.3) is 5.91 Å². The number of aryl methyl sites for hydroxylation is 2. The minimum atomic E-state index is -0.203. The summed E-state index contributed by atoms with van der Waals surface area (Å²) in [5, 5.41) is 6.21. The van der Waals surface area contributed by atoms with Gasteiger partial charge in [-0.3, -0.25) is 4.79 Å². The first-order valence-electron chi connectivity index (χ1n) is 10.9. The zero-order valence-electron chi connectivity index (χ0n) is 18.8. The van der Waals surface area contributed by atoms with Crippen molar-refractivity contribution in [2.24, 2.45) is 0 Å². The van der Waals surface area contributed by atoms with E-state index in [4.69, 9.17) is 0 Å². The molecule has 2 aromatic heterocycles. The maximum atomic E-state index is 12.8. The molecule has 34 heavy (non-hydrogen) atoms. The Morgan fingerprint density at radius 3 is 2.21 bits per heavy atom. The first-order valence-corrected chi connectivity index (χ1v) is 10.9. The monoisotopic (exact) mass is 446 g/mol. The van der Waals surface area contributed by atoms with Gasteiger partial charge >= 0.3 is 0 Å². The first-order chi connectivity index (χ1) is 16.5. The van der Waals surface area contributed by atoms with E-state index in [2.05, 4.69) is 30.6 Å². The molecule has 7 nitrogen and oxygen atoms in total. The molecule has 2 heterocycles. The summed E-state index contributed by atoms with van der Waals surface area (Å²) in [6, 6.07) is 24.6. The van der Waals surface area contributed by atoms with E-state index in [1.165, 1.54) is 6.33 Å². The average molecular weight is 447 g/mol. The molecule has 2 N–H and O–H groups in total. The summed E-state index contributed by atoms with van der Waals surface area (Å²) < 4.78 is 0. The number of hydrogen-bond donors (Lipinski definition) is 2. The topological polar surface area (TPSA) is 92.7 Å². The van der Waals surface area contributed by atoms with E-state index in [1.54, 1.807) is 12.1 Å². The Bertz CT molecular complexity index is 1480. The molecule has 0 fully saturated rings. The van der Waals surface area contributed by atoms with Gasteiger partial charge in [0.2, 0.25) is 0 Å². The Labute approximate surface area is 197 Å². The summed E-state index contributed by atoms with van der Waals surface area (Å²) in [7, 11) is 0. The van der Waals surface area contributed by atoms with Crippen molar-refractivity contribution < 1.29 is 4.79 Å². The quantitative estimate of drug-likeness (QED) is 0.360. The van der Waals surface area contributed by atoms with Gasteiger partial charge in [0.05, 0.1) is 28.1 Å². The van der Waals surface area contributed by atoms with E-state index in [1.807, 2.05) is 80.6 Å². The number of carbonyl (C=O) groups excluding carboxylic acids is 1. The van der Waals surface area contributed by atoms with E-state index < -0.39 is 0 Å². The number of nitrogens with zero attached hydrogens (tertiary/aromatic N) is 4. The van der Waals surface area contributed by atoms with E-state index in [9.17, 15) is 4.79 Å². The Hall–Kier alpha value is -4.65. The number of fused-ring (bicyclic) bond motifs is 1. The van der Waals surface area contributed by atoms with Gasteiger partial charge in [0.15, 0.2) is 0 Å². The second-order valence-corrected chi connectivity index (χ2v) is 7.91. The summed E-state index contributed by atoms with van der Waals surface area (Å²) in [5.41, 5.74) is 7.15. The number of anilines is 3. The molecule has 0 spiro atoms. The Morgan fingerprint density at radius 1 is 0.735 bits per heavy atom. The minimum absolute atomic E-state index is 0.203. The highest BCUT2D eigenvalue weighted by molar-refractivity contribution is 6.06. The standard InChI is InChI=1S/C27H22N6O/c1-17-18(2)31-25-14-20(8-13-23(25)30-17)27(34)33-22-11-9-21(10-12-22)32-26-15-24(28-16-29-26)19-6-4-3-5-7-19/h3-16H,1-2H3,(H,33,34)(H,28,29,32). The summed E-state index contributed by atoms with van der Waals surface area (Å²) in [5.74, 6) is 0.486. The van der Waals surface area contributed by atoms with Gasteiger partial charge < -0.3 is 10.6 Å². The fourth-order valence-corrected chi connectivity index (χ4v) is 3.55. The van der Waals surface area contributed by atoms with Crippen molar-refractivity contribution in [3.63, 3.8) is 0 Å². The lowest BCUT2D eigenvalue weighted by Gasteiger charge is -2.10. The third-order valence-corrected chi connectivity index (χ3v) is 5.49. The second kappa shape index (κ2) is 9.07. The van der Waals surface area contributed by atoms with Crippen LogP contribution in [0.15, 0.2) is 85.2 Å². The van der Waals surface area contributed by atoms with Gasteiger partial charge in [-0.2, -0.15) is 0 Å². The molecule has 0 aliphatic carbocycles. The molecular formula is C27H22N6O. The van der Waals surface area contributed by atoms with Gasteiger partial charge in [0.1, 0.15) is 12.1 Å². The van der Waals surface area contributed by atoms with Crippen molar-refractivity contribution in [2.75, 3.05) is 10.6 Å². The lowest BCUT2D eigenvalue weighted by Crippen LogP contribution is -2.12. The fraction of sp³-hybridized carbons (Fsp3) is 0.0741. The molecular weight excluding hydrogens is 424 g/mol. The van der Waals surface area contributed by atoms with E-state index in [0.717, 1.165) is 33.8 Å². The Balaban J connectivity index is 1.28. The molecule has 0 unspecified atom stereocenters. The highest BCUT2D eigenvalue weighted by Crippen LogP contribution is 2.22. The predicted octanol–water partition coefficient (Wildman–Crippen LogP) is 5.70. The molecule has 5 rings (SSSR count). The average Bonchev–Trinajstić information content (AvgIpc) is 2.86. The van der Waals surface area contributed by atoms with Crippen LogP contribution in [0.25, 0.3) is 22.3 Å². The predicted molar refractivity (Wildman–Crippen MR) is 134 cm³/mol. The van der Waals surface area contributed by atoms with Crippen molar-refractivity contribution in [1.82, 2.24) is 19.9 Å². The summed E-state index contributed by atoms with van der Waals surface area (Å²) in [6.45, 7) is 3.84. The largest absolute Gasteiger partial charge is 0.340 e. The van der Waals surface area contributed by atoms with Crippen LogP contribution in [-0.2, 0) is 0 Å². The summed E-state index contributed by atoms with van der Waals surface area (Å²) in [4.78, 5) is 30.5. The molecule has 0 atom stereocenters. The Kier molecular flexibility index (Phi) is 5.66. The van der Waals surface area contributed by atoms with Crippen LogP contribution in [0.1, 0.15) is 21.7 Å². The fourth-order valence-electron chi connectivity index (χ4n) is 3.55. The van der Waals surface area contributed by atoms with Crippen LogP contribution in [-0.4, -0.2) is 25.8 Å². The van der Waals surface area contributed by atoms with Crippen LogP contribution in [0.5, 0.6) is 0 Å². The molecule has 1 amide bonds. The number of amides is 1. The lowest BCUT2D eigenvalue weighted by molar-refractivity contribution is 0.102. The highest BCUT2D eigenvalue weighted by Gasteiger charge is 2.10. The normalized spacial score (nSPS) is 10.8. The van der Waals surface area contributed by atoms with Gasteiger partial charge in [-0.1, -0.05) is 30.3 Å². The van der Waals surface area contributed by atoms with Crippen LogP contribution >= 0.6 is 0 Å². The van der Waals surface area contributed by atoms with Crippen molar-refractivity contribution in [3.8, 4) is 11.3 Å². The number of hydrogen-bond acceptors (Lipinski definition) is 6. The molecule has 0 saturated carbocycles. The molecule has 0 radical (unpaired) electrons. The van der Waals surface area contributed by atoms with Gasteiger partial charge in [-0.25, -0.2) is 19.9 Å². The number of rotatable bonds is 5. The molecule has 3 aromatic carbocycles. The molecule has 0 aliphatic heterocycles. The summed E-state index contributed by atoms with van der Waals surface area (Å²) in [6.07, 6.45) is 1.54. The number of carbonyl (C=O) groups is 1. The van der Waals surface area contributed by atoms with Crippen LogP contribution < -0.4 is 10.6 Å². The van der Waals surface area contributed by atoms with Crippen molar-refractivity contribution in [3.05, 3.63) is 102 Å². The van der Waals surface area contributed by atoms with E-state index in [-0.39, 0.29) is 5.91 Å². The van der Waals surface area contributed by atoms with Crippen molar-refractivity contribution >= 4 is 34.1 Å². The smallest absolute Gasteiger partial charge is 0.255 e. The maximum Gasteiger partial charge on any atom is 0.255 e. The van der Waals surface area contributed by atoms with Crippen molar-refractivity contribution in [2.45, 2.75) is 13.8 Å². The molecule has 166 valence electrons. The molecule has 0 bridgehead atoms. The number of benzene rings is 3. The van der Waals surface area contributed by atoms with Crippen LogP contribution in [0.2, 0.25) is 0 Å². The zero-order valence-corrected chi connectivity index (χ0v) is 18.8. The SMILES string of the molecule is Cc1nc2ccc(C(=O)Nc3ccc(Nc4cc(-c5ccccc5)ncn4)cc3)cc2nc1C. The second-order valence-electron chi connectivity index (χ2n) is 7.91. The van der Waals surface area contributed by atoms with Crippen LogP contribution in [0, 0.1) is 13.8 Å². The molecule has 5 aromatic rings. The van der Waals surface area contributed by atoms with E-state index in [0.29, 0.717) is 22.6 Å². The van der Waals surface area contributed by atoms with Crippen LogP contribution in [0.3, 0.4) is 0 Å². The maximum absolute atomic E-state index is 12.8. The van der Waals surface area contributed by atoms with Gasteiger partial charge in [-0.15, -0.1) is 0 Å².